The fraction of sp³-hybridized carbons (Fsp3) is 0.667. The van der Waals surface area contributed by atoms with E-state index in [1.54, 1.807) is 11.3 Å². The fourth-order valence-corrected chi connectivity index (χ4v) is 4.47. The van der Waals surface area contributed by atoms with Crippen LogP contribution in [0.3, 0.4) is 0 Å². The average molecular weight is 288 g/mol. The minimum absolute atomic E-state index is 0.112. The minimum Gasteiger partial charge on any atom is -0.312 e. The third kappa shape index (κ3) is 4.35. The van der Waals surface area contributed by atoms with Gasteiger partial charge in [-0.05, 0) is 32.0 Å². The van der Waals surface area contributed by atoms with Crippen molar-refractivity contribution in [3.63, 3.8) is 0 Å². The van der Waals surface area contributed by atoms with Crippen molar-refractivity contribution in [2.45, 2.75) is 25.9 Å². The van der Waals surface area contributed by atoms with E-state index in [9.17, 15) is 8.42 Å². The molecule has 0 radical (unpaired) electrons. The molecule has 1 unspecified atom stereocenters. The van der Waals surface area contributed by atoms with Gasteiger partial charge in [0.2, 0.25) is 0 Å². The molecule has 1 saturated heterocycles. The Kier molecular flexibility index (Phi) is 4.77. The van der Waals surface area contributed by atoms with Crippen LogP contribution in [-0.2, 0) is 16.4 Å². The summed E-state index contributed by atoms with van der Waals surface area (Å²) in [4.78, 5) is 2.66. The standard InChI is InChI=1S/C12H20N2O2S2/c1-10-2-3-12(17-10)8-13-5-4-11-9-18(15,16)7-6-14-11/h2-3,11,13-14H,4-9H2,1H3. The molecule has 102 valence electrons. The van der Waals surface area contributed by atoms with Crippen molar-refractivity contribution in [1.82, 2.24) is 10.6 Å². The fourth-order valence-electron chi connectivity index (χ4n) is 2.12. The van der Waals surface area contributed by atoms with Gasteiger partial charge in [0.1, 0.15) is 0 Å². The van der Waals surface area contributed by atoms with Gasteiger partial charge in [-0.3, -0.25) is 0 Å². The van der Waals surface area contributed by atoms with Gasteiger partial charge in [-0.15, -0.1) is 11.3 Å². The third-order valence-corrected chi connectivity index (χ3v) is 5.80. The Bertz CT molecular complexity index is 482. The summed E-state index contributed by atoms with van der Waals surface area (Å²) in [5, 5.41) is 6.63. The topological polar surface area (TPSA) is 58.2 Å². The number of hydrogen-bond acceptors (Lipinski definition) is 5. The second-order valence-electron chi connectivity index (χ2n) is 4.74. The summed E-state index contributed by atoms with van der Waals surface area (Å²) in [6, 6.07) is 4.37. The lowest BCUT2D eigenvalue weighted by atomic mass is 10.2. The van der Waals surface area contributed by atoms with E-state index in [0.29, 0.717) is 6.54 Å². The second-order valence-corrected chi connectivity index (χ2v) is 8.34. The quantitative estimate of drug-likeness (QED) is 0.791. The molecule has 0 bridgehead atoms. The van der Waals surface area contributed by atoms with Crippen LogP contribution in [0, 0.1) is 6.92 Å². The molecule has 0 aliphatic carbocycles. The Hall–Kier alpha value is -0.430. The van der Waals surface area contributed by atoms with Gasteiger partial charge in [-0.25, -0.2) is 8.42 Å². The Balaban J connectivity index is 1.66. The SMILES string of the molecule is Cc1ccc(CNCCC2CS(=O)(=O)CCN2)s1. The molecule has 0 amide bonds. The maximum absolute atomic E-state index is 11.5. The van der Waals surface area contributed by atoms with E-state index in [0.717, 1.165) is 19.5 Å². The van der Waals surface area contributed by atoms with Crippen LogP contribution in [0.2, 0.25) is 0 Å². The van der Waals surface area contributed by atoms with Crippen molar-refractivity contribution in [1.29, 1.82) is 0 Å². The highest BCUT2D eigenvalue weighted by Gasteiger charge is 2.23. The molecule has 6 heteroatoms. The lowest BCUT2D eigenvalue weighted by Gasteiger charge is -2.23. The average Bonchev–Trinajstić information content (AvgIpc) is 2.69. The van der Waals surface area contributed by atoms with E-state index in [-0.39, 0.29) is 17.5 Å². The van der Waals surface area contributed by atoms with E-state index >= 15 is 0 Å². The number of aryl methyl sites for hydroxylation is 1. The summed E-state index contributed by atoms with van der Waals surface area (Å²) >= 11 is 1.80. The van der Waals surface area contributed by atoms with Crippen molar-refractivity contribution in [3.05, 3.63) is 21.9 Å². The molecule has 1 fully saturated rings. The second kappa shape index (κ2) is 6.14. The predicted molar refractivity (Wildman–Crippen MR) is 75.8 cm³/mol. The molecule has 2 N–H and O–H groups in total. The molecule has 1 aromatic rings. The summed E-state index contributed by atoms with van der Waals surface area (Å²) < 4.78 is 22.9. The first-order valence-electron chi connectivity index (χ1n) is 6.25. The van der Waals surface area contributed by atoms with Crippen molar-refractivity contribution >= 4 is 21.2 Å². The van der Waals surface area contributed by atoms with E-state index < -0.39 is 9.84 Å². The lowest BCUT2D eigenvalue weighted by molar-refractivity contribution is 0.479. The molecule has 1 atom stereocenters. The zero-order chi connectivity index (χ0) is 13.0. The number of hydrogen-bond donors (Lipinski definition) is 2. The molecule has 2 rings (SSSR count). The highest BCUT2D eigenvalue weighted by atomic mass is 32.2. The smallest absolute Gasteiger partial charge is 0.153 e. The number of nitrogens with one attached hydrogen (secondary N) is 2. The minimum atomic E-state index is -2.81. The van der Waals surface area contributed by atoms with Crippen LogP contribution in [-0.4, -0.2) is 39.1 Å². The maximum atomic E-state index is 11.5. The lowest BCUT2D eigenvalue weighted by Crippen LogP contribution is -2.46. The molecular formula is C12H20N2O2S2. The van der Waals surface area contributed by atoms with E-state index in [4.69, 9.17) is 0 Å². The molecule has 0 saturated carbocycles. The number of thiophene rings is 1. The maximum Gasteiger partial charge on any atom is 0.153 e. The molecule has 2 heterocycles. The van der Waals surface area contributed by atoms with E-state index in [2.05, 4.69) is 29.7 Å². The van der Waals surface area contributed by atoms with Crippen LogP contribution < -0.4 is 10.6 Å². The van der Waals surface area contributed by atoms with Gasteiger partial charge in [0, 0.05) is 28.9 Å². The Morgan fingerprint density at radius 3 is 3.00 bits per heavy atom. The Morgan fingerprint density at radius 1 is 1.50 bits per heavy atom. The Morgan fingerprint density at radius 2 is 2.33 bits per heavy atom. The van der Waals surface area contributed by atoms with Crippen molar-refractivity contribution in [2.24, 2.45) is 0 Å². The van der Waals surface area contributed by atoms with Gasteiger partial charge in [-0.1, -0.05) is 0 Å². The van der Waals surface area contributed by atoms with Crippen molar-refractivity contribution in [3.8, 4) is 0 Å². The molecule has 0 spiro atoms. The normalized spacial score (nSPS) is 23.1. The van der Waals surface area contributed by atoms with Gasteiger partial charge >= 0.3 is 0 Å². The zero-order valence-electron chi connectivity index (χ0n) is 10.6. The first-order chi connectivity index (χ1) is 8.55. The number of sulfone groups is 1. The largest absolute Gasteiger partial charge is 0.312 e. The van der Waals surface area contributed by atoms with Crippen molar-refractivity contribution in [2.75, 3.05) is 24.6 Å². The van der Waals surface area contributed by atoms with Crippen LogP contribution in [0.1, 0.15) is 16.2 Å². The first kappa shape index (κ1) is 14.0. The van der Waals surface area contributed by atoms with E-state index in [1.165, 1.54) is 9.75 Å². The molecular weight excluding hydrogens is 268 g/mol. The van der Waals surface area contributed by atoms with Crippen LogP contribution in [0.15, 0.2) is 12.1 Å². The molecule has 4 nitrogen and oxygen atoms in total. The summed E-state index contributed by atoms with van der Waals surface area (Å²) in [6.45, 7) is 4.42. The monoisotopic (exact) mass is 288 g/mol. The molecule has 18 heavy (non-hydrogen) atoms. The van der Waals surface area contributed by atoms with E-state index in [1.807, 2.05) is 0 Å². The van der Waals surface area contributed by atoms with Gasteiger partial charge in [0.15, 0.2) is 9.84 Å². The molecule has 1 aliphatic rings. The van der Waals surface area contributed by atoms with Crippen molar-refractivity contribution < 1.29 is 8.42 Å². The van der Waals surface area contributed by atoms with Gasteiger partial charge in [0.25, 0.3) is 0 Å². The summed E-state index contributed by atoms with van der Waals surface area (Å²) in [7, 11) is -2.81. The summed E-state index contributed by atoms with van der Waals surface area (Å²) in [5.74, 6) is 0.568. The van der Waals surface area contributed by atoms with Gasteiger partial charge in [0.05, 0.1) is 11.5 Å². The summed E-state index contributed by atoms with van der Waals surface area (Å²) in [5.41, 5.74) is 0. The predicted octanol–water partition coefficient (Wildman–Crippen LogP) is 0.923. The van der Waals surface area contributed by atoms with Crippen LogP contribution in [0.4, 0.5) is 0 Å². The number of rotatable bonds is 5. The zero-order valence-corrected chi connectivity index (χ0v) is 12.2. The first-order valence-corrected chi connectivity index (χ1v) is 8.89. The highest BCUT2D eigenvalue weighted by molar-refractivity contribution is 7.91. The van der Waals surface area contributed by atoms with Crippen LogP contribution >= 0.6 is 11.3 Å². The van der Waals surface area contributed by atoms with Crippen LogP contribution in [0.5, 0.6) is 0 Å². The molecule has 1 aliphatic heterocycles. The van der Waals surface area contributed by atoms with Gasteiger partial charge in [-0.2, -0.15) is 0 Å². The highest BCUT2D eigenvalue weighted by Crippen LogP contribution is 2.14. The third-order valence-electron chi connectivity index (χ3n) is 3.07. The molecule has 0 aromatic carbocycles. The van der Waals surface area contributed by atoms with Gasteiger partial charge < -0.3 is 10.6 Å². The van der Waals surface area contributed by atoms with Crippen LogP contribution in [0.25, 0.3) is 0 Å². The molecule has 1 aromatic heterocycles. The Labute approximate surface area is 113 Å². The summed E-state index contributed by atoms with van der Waals surface area (Å²) in [6.07, 6.45) is 0.865.